The molecular weight excluding hydrogens is 258 g/mol. The van der Waals surface area contributed by atoms with Crippen molar-refractivity contribution in [1.82, 2.24) is 5.32 Å². The van der Waals surface area contributed by atoms with Gasteiger partial charge in [0.25, 0.3) is 0 Å². The lowest BCUT2D eigenvalue weighted by molar-refractivity contribution is 0.588. The van der Waals surface area contributed by atoms with Gasteiger partial charge in [0.15, 0.2) is 0 Å². The van der Waals surface area contributed by atoms with Crippen LogP contribution in [0.1, 0.15) is 31.0 Å². The third-order valence-electron chi connectivity index (χ3n) is 3.69. The lowest BCUT2D eigenvalue weighted by atomic mass is 10.0. The Labute approximate surface area is 120 Å². The molecule has 0 bridgehead atoms. The van der Waals surface area contributed by atoms with E-state index in [0.717, 1.165) is 10.5 Å². The molecule has 0 saturated carbocycles. The van der Waals surface area contributed by atoms with Gasteiger partial charge in [-0.05, 0) is 19.5 Å². The second-order valence-electron chi connectivity index (χ2n) is 5.10. The Morgan fingerprint density at radius 1 is 1.17 bits per heavy atom. The van der Waals surface area contributed by atoms with Crippen molar-refractivity contribution in [2.24, 2.45) is 0 Å². The summed E-state index contributed by atoms with van der Waals surface area (Å²) in [6.07, 6.45) is 0. The first-order valence-electron chi connectivity index (χ1n) is 6.62. The van der Waals surface area contributed by atoms with Gasteiger partial charge in [-0.3, -0.25) is 0 Å². The minimum atomic E-state index is 0.470. The molecule has 100 valence electrons. The molecule has 1 aromatic rings. The van der Waals surface area contributed by atoms with Crippen molar-refractivity contribution in [1.29, 1.82) is 0 Å². The largest absolute Gasteiger partial charge is 0.312 e. The van der Waals surface area contributed by atoms with E-state index in [4.69, 9.17) is 0 Å². The van der Waals surface area contributed by atoms with E-state index in [1.54, 1.807) is 0 Å². The van der Waals surface area contributed by atoms with Crippen molar-refractivity contribution in [3.05, 3.63) is 35.4 Å². The van der Waals surface area contributed by atoms with Crippen LogP contribution in [0, 0.1) is 6.92 Å². The summed E-state index contributed by atoms with van der Waals surface area (Å²) in [4.78, 5) is 0. The maximum absolute atomic E-state index is 3.51. The second kappa shape index (κ2) is 6.36. The Morgan fingerprint density at radius 3 is 2.39 bits per heavy atom. The van der Waals surface area contributed by atoms with Crippen LogP contribution < -0.4 is 5.32 Å². The first kappa shape index (κ1) is 14.3. The number of nitrogens with one attached hydrogen (secondary N) is 1. The smallest absolute Gasteiger partial charge is 0.0446 e. The number of aryl methyl sites for hydroxylation is 1. The molecule has 1 fully saturated rings. The Bertz CT molecular complexity index is 377. The fourth-order valence-electron chi connectivity index (χ4n) is 2.32. The minimum absolute atomic E-state index is 0.470. The zero-order chi connectivity index (χ0) is 13.1. The third-order valence-corrected chi connectivity index (χ3v) is 7.19. The Kier molecular flexibility index (Phi) is 5.05. The van der Waals surface area contributed by atoms with Gasteiger partial charge in [0.1, 0.15) is 0 Å². The van der Waals surface area contributed by atoms with Crippen molar-refractivity contribution >= 4 is 23.5 Å². The lowest BCUT2D eigenvalue weighted by Gasteiger charge is -2.36. The molecule has 1 nitrogen and oxygen atoms in total. The van der Waals surface area contributed by atoms with Crippen LogP contribution >= 0.6 is 23.5 Å². The average Bonchev–Trinajstić information content (AvgIpc) is 2.37. The minimum Gasteiger partial charge on any atom is -0.312 e. The molecule has 0 aliphatic carbocycles. The highest BCUT2D eigenvalue weighted by molar-refractivity contribution is 8.07. The summed E-state index contributed by atoms with van der Waals surface area (Å²) in [7, 11) is 2.08. The zero-order valence-electron chi connectivity index (χ0n) is 11.6. The lowest BCUT2D eigenvalue weighted by Crippen LogP contribution is -2.35. The molecule has 1 aromatic carbocycles. The molecule has 1 aliphatic heterocycles. The molecule has 4 atom stereocenters. The molecule has 2 rings (SSSR count). The predicted molar refractivity (Wildman–Crippen MR) is 85.7 cm³/mol. The maximum atomic E-state index is 3.51. The monoisotopic (exact) mass is 281 g/mol. The number of hydrogen-bond acceptors (Lipinski definition) is 3. The highest BCUT2D eigenvalue weighted by Gasteiger charge is 2.31. The van der Waals surface area contributed by atoms with Crippen molar-refractivity contribution < 1.29 is 0 Å². The van der Waals surface area contributed by atoms with Gasteiger partial charge in [0, 0.05) is 27.5 Å². The molecular formula is C15H23NS2. The Morgan fingerprint density at radius 2 is 1.83 bits per heavy atom. The van der Waals surface area contributed by atoms with Gasteiger partial charge < -0.3 is 5.32 Å². The molecule has 3 heteroatoms. The molecule has 0 amide bonds. The summed E-state index contributed by atoms with van der Waals surface area (Å²) >= 11 is 4.26. The van der Waals surface area contributed by atoms with Gasteiger partial charge >= 0.3 is 0 Å². The first-order chi connectivity index (χ1) is 8.61. The summed E-state index contributed by atoms with van der Waals surface area (Å²) in [6.45, 7) is 6.85. The fraction of sp³-hybridized carbons (Fsp3) is 0.600. The SMILES string of the molecule is CNC(c1ccc(C)cc1)C1CSC(C)C(C)S1. The number of benzene rings is 1. The van der Waals surface area contributed by atoms with Crippen LogP contribution in [0.15, 0.2) is 24.3 Å². The van der Waals surface area contributed by atoms with Crippen molar-refractivity contribution in [2.75, 3.05) is 12.8 Å². The maximum Gasteiger partial charge on any atom is 0.0446 e. The summed E-state index contributed by atoms with van der Waals surface area (Å²) in [5.74, 6) is 1.25. The molecule has 18 heavy (non-hydrogen) atoms. The van der Waals surface area contributed by atoms with E-state index >= 15 is 0 Å². The molecule has 1 N–H and O–H groups in total. The van der Waals surface area contributed by atoms with Gasteiger partial charge in [-0.25, -0.2) is 0 Å². The van der Waals surface area contributed by atoms with E-state index in [2.05, 4.69) is 80.9 Å². The van der Waals surface area contributed by atoms with E-state index in [0.29, 0.717) is 11.3 Å². The van der Waals surface area contributed by atoms with Crippen LogP contribution in [0.3, 0.4) is 0 Å². The van der Waals surface area contributed by atoms with Crippen molar-refractivity contribution in [3.8, 4) is 0 Å². The Hall–Kier alpha value is -0.120. The molecule has 1 heterocycles. The van der Waals surface area contributed by atoms with Crippen LogP contribution in [0.5, 0.6) is 0 Å². The summed E-state index contributed by atoms with van der Waals surface area (Å²) in [6, 6.07) is 9.44. The van der Waals surface area contributed by atoms with Gasteiger partial charge in [-0.15, -0.1) is 0 Å². The van der Waals surface area contributed by atoms with Crippen LogP contribution in [0.4, 0.5) is 0 Å². The van der Waals surface area contributed by atoms with E-state index in [-0.39, 0.29) is 0 Å². The van der Waals surface area contributed by atoms with Gasteiger partial charge in [0.2, 0.25) is 0 Å². The van der Waals surface area contributed by atoms with Crippen LogP contribution in [-0.4, -0.2) is 28.6 Å². The first-order valence-corrected chi connectivity index (χ1v) is 8.62. The molecule has 0 spiro atoms. The van der Waals surface area contributed by atoms with Gasteiger partial charge in [-0.1, -0.05) is 43.7 Å². The third kappa shape index (κ3) is 3.25. The number of thioether (sulfide) groups is 2. The molecule has 4 unspecified atom stereocenters. The zero-order valence-corrected chi connectivity index (χ0v) is 13.3. The van der Waals surface area contributed by atoms with Gasteiger partial charge in [-0.2, -0.15) is 23.5 Å². The molecule has 0 aromatic heterocycles. The predicted octanol–water partition coefficient (Wildman–Crippen LogP) is 3.88. The second-order valence-corrected chi connectivity index (χ2v) is 8.13. The normalized spacial score (nSPS) is 30.1. The highest BCUT2D eigenvalue weighted by atomic mass is 32.2. The molecule has 0 radical (unpaired) electrons. The van der Waals surface area contributed by atoms with E-state index in [1.165, 1.54) is 16.9 Å². The average molecular weight is 281 g/mol. The summed E-state index contributed by atoms with van der Waals surface area (Å²) in [5, 5.41) is 5.71. The number of rotatable bonds is 3. The quantitative estimate of drug-likeness (QED) is 0.903. The van der Waals surface area contributed by atoms with Crippen molar-refractivity contribution in [3.63, 3.8) is 0 Å². The van der Waals surface area contributed by atoms with Crippen LogP contribution in [-0.2, 0) is 0 Å². The van der Waals surface area contributed by atoms with Gasteiger partial charge in [0.05, 0.1) is 0 Å². The van der Waals surface area contributed by atoms with E-state index in [9.17, 15) is 0 Å². The highest BCUT2D eigenvalue weighted by Crippen LogP contribution is 2.40. The summed E-state index contributed by atoms with van der Waals surface area (Å²) < 4.78 is 0. The standard InChI is InChI=1S/C15H23NS2/c1-10-5-7-13(8-6-10)15(16-4)14-9-17-11(2)12(3)18-14/h5-8,11-12,14-16H,9H2,1-4H3. The van der Waals surface area contributed by atoms with Crippen LogP contribution in [0.2, 0.25) is 0 Å². The van der Waals surface area contributed by atoms with E-state index in [1.807, 2.05) is 0 Å². The molecule has 1 aliphatic rings. The topological polar surface area (TPSA) is 12.0 Å². The summed E-state index contributed by atoms with van der Waals surface area (Å²) in [5.41, 5.74) is 2.75. The van der Waals surface area contributed by atoms with E-state index < -0.39 is 0 Å². The Balaban J connectivity index is 2.11. The van der Waals surface area contributed by atoms with Crippen LogP contribution in [0.25, 0.3) is 0 Å². The number of hydrogen-bond donors (Lipinski definition) is 1. The fourth-order valence-corrected chi connectivity index (χ4v) is 5.48. The van der Waals surface area contributed by atoms with Crippen molar-refractivity contribution in [2.45, 2.75) is 42.6 Å². The molecule has 1 saturated heterocycles.